The zero-order chi connectivity index (χ0) is 27.2. The minimum Gasteiger partial charge on any atom is -0.370 e. The molecule has 206 valence electrons. The van der Waals surface area contributed by atoms with Crippen LogP contribution in [0.3, 0.4) is 0 Å². The van der Waals surface area contributed by atoms with Crippen molar-refractivity contribution in [3.05, 3.63) is 45.4 Å². The maximum absolute atomic E-state index is 15.0. The van der Waals surface area contributed by atoms with Gasteiger partial charge in [-0.25, -0.2) is 13.2 Å². The van der Waals surface area contributed by atoms with Crippen LogP contribution in [0.25, 0.3) is 0 Å². The fraction of sp³-hybridized carbons (Fsp3) is 0.480. The van der Waals surface area contributed by atoms with E-state index in [9.17, 15) is 27.6 Å². The molecule has 1 aliphatic heterocycles. The van der Waals surface area contributed by atoms with Gasteiger partial charge in [0.05, 0.1) is 28.1 Å². The van der Waals surface area contributed by atoms with Gasteiger partial charge in [0, 0.05) is 25.3 Å². The van der Waals surface area contributed by atoms with E-state index >= 15 is 0 Å². The van der Waals surface area contributed by atoms with Crippen LogP contribution in [0.1, 0.15) is 28.9 Å². The first-order valence-electron chi connectivity index (χ1n) is 12.3. The van der Waals surface area contributed by atoms with Crippen molar-refractivity contribution in [2.75, 3.05) is 49.6 Å². The maximum Gasteiger partial charge on any atom is 0.261 e. The summed E-state index contributed by atoms with van der Waals surface area (Å²) in [7, 11) is 0. The van der Waals surface area contributed by atoms with E-state index in [0.29, 0.717) is 21.5 Å². The Morgan fingerprint density at radius 1 is 1.24 bits per heavy atom. The average molecular weight is 573 g/mol. The molecule has 0 unspecified atom stereocenters. The Bertz CT molecular complexity index is 1160. The van der Waals surface area contributed by atoms with Gasteiger partial charge < -0.3 is 20.3 Å². The molecule has 13 heteroatoms. The van der Waals surface area contributed by atoms with Crippen molar-refractivity contribution >= 4 is 52.0 Å². The normalized spacial score (nSPS) is 17.0. The Kier molecular flexibility index (Phi) is 9.64. The highest BCUT2D eigenvalue weighted by molar-refractivity contribution is 7.18. The summed E-state index contributed by atoms with van der Waals surface area (Å²) in [5.41, 5.74) is 0.151. The van der Waals surface area contributed by atoms with Crippen LogP contribution >= 0.6 is 22.9 Å². The fourth-order valence-corrected chi connectivity index (χ4v) is 5.35. The highest BCUT2D eigenvalue weighted by Crippen LogP contribution is 2.29. The van der Waals surface area contributed by atoms with Gasteiger partial charge in [-0.2, -0.15) is 0 Å². The summed E-state index contributed by atoms with van der Waals surface area (Å²) >= 11 is 6.95. The highest BCUT2D eigenvalue weighted by Gasteiger charge is 2.33. The molecule has 38 heavy (non-hydrogen) atoms. The number of thiophene rings is 1. The molecule has 1 aromatic heterocycles. The van der Waals surface area contributed by atoms with Gasteiger partial charge in [0.15, 0.2) is 0 Å². The smallest absolute Gasteiger partial charge is 0.261 e. The lowest BCUT2D eigenvalue weighted by atomic mass is 9.85. The Morgan fingerprint density at radius 2 is 2.03 bits per heavy atom. The lowest BCUT2D eigenvalue weighted by Crippen LogP contribution is -2.53. The predicted molar refractivity (Wildman–Crippen MR) is 139 cm³/mol. The summed E-state index contributed by atoms with van der Waals surface area (Å²) in [4.78, 5) is 41.1. The van der Waals surface area contributed by atoms with E-state index in [4.69, 9.17) is 16.3 Å². The number of rotatable bonds is 11. The first-order chi connectivity index (χ1) is 18.2. The third-order valence-corrected chi connectivity index (χ3v) is 7.82. The van der Waals surface area contributed by atoms with Gasteiger partial charge in [-0.05, 0) is 49.1 Å². The van der Waals surface area contributed by atoms with Gasteiger partial charge >= 0.3 is 0 Å². The Hall–Kier alpha value is -2.67. The molecule has 2 aromatic rings. The summed E-state index contributed by atoms with van der Waals surface area (Å²) < 4.78 is 47.5. The van der Waals surface area contributed by atoms with Crippen molar-refractivity contribution in [3.63, 3.8) is 0 Å². The van der Waals surface area contributed by atoms with E-state index in [0.717, 1.165) is 36.7 Å². The van der Waals surface area contributed by atoms with Gasteiger partial charge in [-0.15, -0.1) is 11.3 Å². The number of morpholine rings is 1. The molecule has 0 radical (unpaired) electrons. The second kappa shape index (κ2) is 12.9. The lowest BCUT2D eigenvalue weighted by Gasteiger charge is -2.36. The summed E-state index contributed by atoms with van der Waals surface area (Å²) in [6, 6.07) is 5.84. The van der Waals surface area contributed by atoms with Crippen LogP contribution in [0.2, 0.25) is 4.34 Å². The van der Waals surface area contributed by atoms with Gasteiger partial charge in [-0.3, -0.25) is 19.3 Å². The molecule has 2 heterocycles. The largest absolute Gasteiger partial charge is 0.370 e. The Morgan fingerprint density at radius 3 is 2.63 bits per heavy atom. The van der Waals surface area contributed by atoms with Crippen molar-refractivity contribution in [1.29, 1.82) is 0 Å². The number of halogens is 4. The number of nitrogens with one attached hydrogen (secondary N) is 2. The van der Waals surface area contributed by atoms with E-state index < -0.39 is 36.6 Å². The van der Waals surface area contributed by atoms with Crippen molar-refractivity contribution in [1.82, 2.24) is 10.2 Å². The van der Waals surface area contributed by atoms with E-state index in [2.05, 4.69) is 10.6 Å². The van der Waals surface area contributed by atoms with Crippen LogP contribution in [0.4, 0.5) is 24.5 Å². The standard InChI is InChI=1S/C25H28ClF3N4O4S/c26-21-7-6-20(38-21)25(36)30-11-19(32(13-22(28)29)12-15-2-1-3-15)24(35)31-18-5-4-16(10-17(18)27)33-8-9-37-14-23(33)34/h4-7,10,15,19,22H,1-3,8-9,11-14H2,(H,30,36)(H,31,35)/t19-/m1/s1. The van der Waals surface area contributed by atoms with Crippen LogP contribution < -0.4 is 15.5 Å². The van der Waals surface area contributed by atoms with E-state index in [1.54, 1.807) is 6.07 Å². The average Bonchev–Trinajstić information content (AvgIpc) is 3.29. The molecular formula is C25H28ClF3N4O4S. The molecule has 1 saturated carbocycles. The molecule has 3 amide bonds. The Balaban J connectivity index is 1.51. The number of anilines is 2. The molecule has 8 nitrogen and oxygen atoms in total. The van der Waals surface area contributed by atoms with Crippen LogP contribution in [0, 0.1) is 11.7 Å². The number of amides is 3. The fourth-order valence-electron chi connectivity index (χ4n) is 4.39. The van der Waals surface area contributed by atoms with E-state index in [-0.39, 0.29) is 43.8 Å². The summed E-state index contributed by atoms with van der Waals surface area (Å²) in [5.74, 6) is -2.16. The van der Waals surface area contributed by atoms with Crippen molar-refractivity contribution in [3.8, 4) is 0 Å². The molecule has 2 N–H and O–H groups in total. The van der Waals surface area contributed by atoms with E-state index in [1.165, 1.54) is 28.0 Å². The number of hydrogen-bond acceptors (Lipinski definition) is 6. The minimum atomic E-state index is -2.71. The topological polar surface area (TPSA) is 91.0 Å². The molecular weight excluding hydrogens is 545 g/mol. The van der Waals surface area contributed by atoms with Crippen molar-refractivity contribution < 1.29 is 32.3 Å². The zero-order valence-corrected chi connectivity index (χ0v) is 22.0. The third kappa shape index (κ3) is 7.25. The van der Waals surface area contributed by atoms with Crippen molar-refractivity contribution in [2.45, 2.75) is 31.7 Å². The monoisotopic (exact) mass is 572 g/mol. The molecule has 1 saturated heterocycles. The van der Waals surface area contributed by atoms with Crippen LogP contribution in [-0.2, 0) is 14.3 Å². The quantitative estimate of drug-likeness (QED) is 0.425. The van der Waals surface area contributed by atoms with Crippen LogP contribution in [0.15, 0.2) is 30.3 Å². The lowest BCUT2D eigenvalue weighted by molar-refractivity contribution is -0.125. The number of carbonyl (C=O) groups is 3. The predicted octanol–water partition coefficient (Wildman–Crippen LogP) is 4.01. The summed E-state index contributed by atoms with van der Waals surface area (Å²) in [6.07, 6.45) is 0.0113. The first kappa shape index (κ1) is 28.3. The van der Waals surface area contributed by atoms with Gasteiger partial charge in [0.25, 0.3) is 18.2 Å². The third-order valence-electron chi connectivity index (χ3n) is 6.59. The number of ether oxygens (including phenoxy) is 1. The molecule has 1 atom stereocenters. The number of nitrogens with zero attached hydrogens (tertiary/aromatic N) is 2. The molecule has 1 aliphatic carbocycles. The number of benzene rings is 1. The summed E-state index contributed by atoms with van der Waals surface area (Å²) in [6.45, 7) is -0.198. The first-order valence-corrected chi connectivity index (χ1v) is 13.4. The van der Waals surface area contributed by atoms with Gasteiger partial charge in [-0.1, -0.05) is 18.0 Å². The Labute approximate surface area is 227 Å². The molecule has 0 spiro atoms. The number of hydrogen-bond donors (Lipinski definition) is 2. The molecule has 0 bridgehead atoms. The maximum atomic E-state index is 15.0. The molecule has 2 fully saturated rings. The van der Waals surface area contributed by atoms with E-state index in [1.807, 2.05) is 0 Å². The second-order valence-electron chi connectivity index (χ2n) is 9.22. The minimum absolute atomic E-state index is 0.105. The van der Waals surface area contributed by atoms with Crippen LogP contribution in [-0.4, -0.2) is 74.5 Å². The molecule has 2 aliphatic rings. The van der Waals surface area contributed by atoms with Gasteiger partial charge in [0.1, 0.15) is 18.5 Å². The van der Waals surface area contributed by atoms with Gasteiger partial charge in [0.2, 0.25) is 5.91 Å². The second-order valence-corrected chi connectivity index (χ2v) is 10.9. The zero-order valence-electron chi connectivity index (χ0n) is 20.4. The molecule has 4 rings (SSSR count). The summed E-state index contributed by atoms with van der Waals surface area (Å²) in [5, 5.41) is 5.11. The number of carbonyl (C=O) groups excluding carboxylic acids is 3. The number of alkyl halides is 2. The highest BCUT2D eigenvalue weighted by atomic mass is 35.5. The van der Waals surface area contributed by atoms with Crippen molar-refractivity contribution in [2.24, 2.45) is 5.92 Å². The molecule has 1 aromatic carbocycles. The van der Waals surface area contributed by atoms with Crippen LogP contribution in [0.5, 0.6) is 0 Å². The SMILES string of the molecule is O=C(NC[C@H](C(=O)Nc1ccc(N2CCOCC2=O)cc1F)N(CC(F)F)CC1CCC1)c1ccc(Cl)s1.